The number of amides is 1. The van der Waals surface area contributed by atoms with E-state index < -0.39 is 0 Å². The third-order valence-electron chi connectivity index (χ3n) is 3.28. The standard InChI is InChI=1S/C14H14ClN3O3/c1-8-12(15)13(17-18(8)2)14(19)16-9-3-4-10-11(7-9)21-6-5-20-10/h3-4,7H,5-6H2,1-2H3,(H,16,19). The summed E-state index contributed by atoms with van der Waals surface area (Å²) < 4.78 is 12.5. The summed E-state index contributed by atoms with van der Waals surface area (Å²) in [5.74, 6) is 0.925. The second kappa shape index (κ2) is 5.29. The minimum atomic E-state index is -0.361. The predicted octanol–water partition coefficient (Wildman–Crippen LogP) is 2.41. The first-order valence-electron chi connectivity index (χ1n) is 6.46. The van der Waals surface area contributed by atoms with Gasteiger partial charge in [-0.2, -0.15) is 5.10 Å². The zero-order valence-corrected chi connectivity index (χ0v) is 12.4. The lowest BCUT2D eigenvalue weighted by Gasteiger charge is -2.18. The summed E-state index contributed by atoms with van der Waals surface area (Å²) in [6, 6.07) is 5.22. The van der Waals surface area contributed by atoms with Crippen LogP contribution < -0.4 is 14.8 Å². The number of fused-ring (bicyclic) bond motifs is 1. The molecule has 3 rings (SSSR count). The minimum absolute atomic E-state index is 0.201. The van der Waals surface area contributed by atoms with Gasteiger partial charge >= 0.3 is 0 Å². The lowest BCUT2D eigenvalue weighted by Crippen LogP contribution is -2.17. The van der Waals surface area contributed by atoms with Gasteiger partial charge in [-0.05, 0) is 19.1 Å². The Bertz CT molecular complexity index is 712. The normalized spacial score (nSPS) is 13.1. The minimum Gasteiger partial charge on any atom is -0.486 e. The van der Waals surface area contributed by atoms with E-state index in [4.69, 9.17) is 21.1 Å². The van der Waals surface area contributed by atoms with Crippen LogP contribution >= 0.6 is 11.6 Å². The van der Waals surface area contributed by atoms with Crippen LogP contribution in [0.4, 0.5) is 5.69 Å². The number of hydrogen-bond donors (Lipinski definition) is 1. The number of carbonyl (C=O) groups excluding carboxylic acids is 1. The SMILES string of the molecule is Cc1c(Cl)c(C(=O)Nc2ccc3c(c2)OCCO3)nn1C. The molecule has 6 nitrogen and oxygen atoms in total. The molecule has 0 bridgehead atoms. The average molecular weight is 308 g/mol. The summed E-state index contributed by atoms with van der Waals surface area (Å²) in [6.07, 6.45) is 0. The van der Waals surface area contributed by atoms with E-state index in [1.807, 2.05) is 0 Å². The van der Waals surface area contributed by atoms with Crippen LogP contribution in [0.3, 0.4) is 0 Å². The Morgan fingerprint density at radius 1 is 1.33 bits per heavy atom. The number of nitrogens with one attached hydrogen (secondary N) is 1. The molecule has 1 aromatic carbocycles. The molecule has 0 unspecified atom stereocenters. The van der Waals surface area contributed by atoms with Gasteiger partial charge < -0.3 is 14.8 Å². The summed E-state index contributed by atoms with van der Waals surface area (Å²) in [5, 5.41) is 7.22. The van der Waals surface area contributed by atoms with E-state index >= 15 is 0 Å². The largest absolute Gasteiger partial charge is 0.486 e. The highest BCUT2D eigenvalue weighted by Gasteiger charge is 2.19. The summed E-state index contributed by atoms with van der Waals surface area (Å²) in [5.41, 5.74) is 1.54. The molecule has 0 aliphatic carbocycles. The fourth-order valence-corrected chi connectivity index (χ4v) is 2.28. The Balaban J connectivity index is 1.83. The van der Waals surface area contributed by atoms with E-state index in [-0.39, 0.29) is 11.6 Å². The van der Waals surface area contributed by atoms with Crippen LogP contribution in [0.15, 0.2) is 18.2 Å². The molecule has 0 radical (unpaired) electrons. The van der Waals surface area contributed by atoms with Crippen molar-refractivity contribution in [3.8, 4) is 11.5 Å². The van der Waals surface area contributed by atoms with Gasteiger partial charge in [0.25, 0.3) is 5.91 Å². The molecule has 110 valence electrons. The fourth-order valence-electron chi connectivity index (χ4n) is 2.04. The first kappa shape index (κ1) is 13.8. The van der Waals surface area contributed by atoms with Gasteiger partial charge in [0.15, 0.2) is 17.2 Å². The smallest absolute Gasteiger partial charge is 0.277 e. The number of carbonyl (C=O) groups is 1. The summed E-state index contributed by atoms with van der Waals surface area (Å²) in [6.45, 7) is 2.83. The number of nitrogens with zero attached hydrogens (tertiary/aromatic N) is 2. The third-order valence-corrected chi connectivity index (χ3v) is 3.73. The molecular weight excluding hydrogens is 294 g/mol. The molecule has 1 aliphatic rings. The number of aryl methyl sites for hydroxylation is 1. The zero-order chi connectivity index (χ0) is 15.0. The van der Waals surface area contributed by atoms with E-state index in [0.717, 1.165) is 5.69 Å². The van der Waals surface area contributed by atoms with Crippen LogP contribution in [0.25, 0.3) is 0 Å². The Kier molecular flexibility index (Phi) is 3.47. The van der Waals surface area contributed by atoms with Crippen LogP contribution in [0.2, 0.25) is 5.02 Å². The van der Waals surface area contributed by atoms with E-state index in [2.05, 4.69) is 10.4 Å². The molecule has 2 aromatic rings. The highest BCUT2D eigenvalue weighted by Crippen LogP contribution is 2.32. The van der Waals surface area contributed by atoms with Gasteiger partial charge in [-0.15, -0.1) is 0 Å². The molecule has 1 N–H and O–H groups in total. The number of hydrogen-bond acceptors (Lipinski definition) is 4. The molecule has 21 heavy (non-hydrogen) atoms. The number of rotatable bonds is 2. The first-order chi connectivity index (χ1) is 10.1. The average Bonchev–Trinajstić information content (AvgIpc) is 2.75. The first-order valence-corrected chi connectivity index (χ1v) is 6.84. The Morgan fingerprint density at radius 2 is 2.05 bits per heavy atom. The topological polar surface area (TPSA) is 65.4 Å². The molecule has 1 aliphatic heterocycles. The van der Waals surface area contributed by atoms with Gasteiger partial charge in [0.2, 0.25) is 0 Å². The predicted molar refractivity (Wildman–Crippen MR) is 78.3 cm³/mol. The van der Waals surface area contributed by atoms with E-state index in [0.29, 0.717) is 35.4 Å². The van der Waals surface area contributed by atoms with Crippen molar-refractivity contribution >= 4 is 23.2 Å². The molecule has 1 amide bonds. The van der Waals surface area contributed by atoms with Crippen LogP contribution in [-0.2, 0) is 7.05 Å². The van der Waals surface area contributed by atoms with Crippen molar-refractivity contribution < 1.29 is 14.3 Å². The van der Waals surface area contributed by atoms with Gasteiger partial charge in [0, 0.05) is 18.8 Å². The number of halogens is 1. The molecule has 0 spiro atoms. The lowest BCUT2D eigenvalue weighted by atomic mass is 10.2. The van der Waals surface area contributed by atoms with Crippen molar-refractivity contribution in [1.82, 2.24) is 9.78 Å². The van der Waals surface area contributed by atoms with Crippen LogP contribution in [-0.4, -0.2) is 28.9 Å². The highest BCUT2D eigenvalue weighted by atomic mass is 35.5. The van der Waals surface area contributed by atoms with Crippen molar-refractivity contribution in [3.63, 3.8) is 0 Å². The Morgan fingerprint density at radius 3 is 2.71 bits per heavy atom. The Labute approximate surface area is 126 Å². The van der Waals surface area contributed by atoms with Gasteiger partial charge in [-0.25, -0.2) is 0 Å². The second-order valence-electron chi connectivity index (χ2n) is 4.68. The molecule has 0 fully saturated rings. The molecule has 7 heteroatoms. The number of benzene rings is 1. The van der Waals surface area contributed by atoms with Crippen molar-refractivity contribution in [1.29, 1.82) is 0 Å². The summed E-state index contributed by atoms with van der Waals surface area (Å²) in [4.78, 5) is 12.2. The van der Waals surface area contributed by atoms with Gasteiger partial charge in [0.1, 0.15) is 13.2 Å². The lowest BCUT2D eigenvalue weighted by molar-refractivity contribution is 0.102. The van der Waals surface area contributed by atoms with Gasteiger partial charge in [-0.3, -0.25) is 9.48 Å². The van der Waals surface area contributed by atoms with E-state index in [9.17, 15) is 4.79 Å². The number of anilines is 1. The molecular formula is C14H14ClN3O3. The quantitative estimate of drug-likeness (QED) is 0.925. The maximum Gasteiger partial charge on any atom is 0.277 e. The summed E-state index contributed by atoms with van der Waals surface area (Å²) >= 11 is 6.10. The van der Waals surface area contributed by atoms with Crippen molar-refractivity contribution in [2.45, 2.75) is 6.92 Å². The van der Waals surface area contributed by atoms with Crippen LogP contribution in [0.1, 0.15) is 16.2 Å². The second-order valence-corrected chi connectivity index (χ2v) is 5.06. The zero-order valence-electron chi connectivity index (χ0n) is 11.6. The fraction of sp³-hybridized carbons (Fsp3) is 0.286. The van der Waals surface area contributed by atoms with Crippen LogP contribution in [0, 0.1) is 6.92 Å². The molecule has 0 saturated heterocycles. The summed E-state index contributed by atoms with van der Waals surface area (Å²) in [7, 11) is 1.74. The third kappa shape index (κ3) is 2.54. The van der Waals surface area contributed by atoms with Crippen molar-refractivity contribution in [2.24, 2.45) is 7.05 Å². The number of aromatic nitrogens is 2. The van der Waals surface area contributed by atoms with Gasteiger partial charge in [-0.1, -0.05) is 11.6 Å². The molecule has 1 aromatic heterocycles. The number of ether oxygens (including phenoxy) is 2. The van der Waals surface area contributed by atoms with Crippen molar-refractivity contribution in [3.05, 3.63) is 34.6 Å². The van der Waals surface area contributed by atoms with Crippen LogP contribution in [0.5, 0.6) is 11.5 Å². The maximum atomic E-state index is 12.2. The highest BCUT2D eigenvalue weighted by molar-refractivity contribution is 6.34. The molecule has 2 heterocycles. The molecule has 0 saturated carbocycles. The maximum absolute atomic E-state index is 12.2. The Hall–Kier alpha value is -2.21. The van der Waals surface area contributed by atoms with Crippen molar-refractivity contribution in [2.75, 3.05) is 18.5 Å². The monoisotopic (exact) mass is 307 g/mol. The van der Waals surface area contributed by atoms with E-state index in [1.165, 1.54) is 0 Å². The molecule has 0 atom stereocenters. The van der Waals surface area contributed by atoms with E-state index in [1.54, 1.807) is 36.9 Å². The van der Waals surface area contributed by atoms with Gasteiger partial charge in [0.05, 0.1) is 10.7 Å².